The summed E-state index contributed by atoms with van der Waals surface area (Å²) in [6, 6.07) is 25.5. The highest BCUT2D eigenvalue weighted by molar-refractivity contribution is 7.89. The van der Waals surface area contributed by atoms with Crippen LogP contribution in [0.2, 0.25) is 0 Å². The van der Waals surface area contributed by atoms with Gasteiger partial charge in [-0.25, -0.2) is 26.8 Å². The third kappa shape index (κ3) is 10.3. The van der Waals surface area contributed by atoms with Crippen molar-refractivity contribution in [1.29, 1.82) is 0 Å². The summed E-state index contributed by atoms with van der Waals surface area (Å²) in [6.45, 7) is 0.275. The Bertz CT molecular complexity index is 2030. The Hall–Kier alpha value is -5.38. The van der Waals surface area contributed by atoms with E-state index in [4.69, 9.17) is 9.47 Å². The molecule has 57 heavy (non-hydrogen) atoms. The number of methoxy groups -OCH3 is 1. The maximum Gasteiger partial charge on any atom is 0.410 e. The highest BCUT2D eigenvalue weighted by atomic mass is 32.2. The average molecular weight is 805 g/mol. The Morgan fingerprint density at radius 1 is 0.825 bits per heavy atom. The van der Waals surface area contributed by atoms with Gasteiger partial charge in [0.15, 0.2) is 0 Å². The van der Waals surface area contributed by atoms with Crippen molar-refractivity contribution in [2.45, 2.75) is 67.3 Å². The van der Waals surface area contributed by atoms with Crippen LogP contribution in [-0.4, -0.2) is 91.8 Å². The fraction of sp³-hybridized carbons (Fsp3) is 0.357. The van der Waals surface area contributed by atoms with Gasteiger partial charge in [0, 0.05) is 37.6 Å². The van der Waals surface area contributed by atoms with E-state index in [-0.39, 0.29) is 49.9 Å². The molecule has 4 aromatic carbocycles. The quantitative estimate of drug-likeness (QED) is 0.159. The molecule has 1 heterocycles. The predicted molar refractivity (Wildman–Crippen MR) is 206 cm³/mol. The zero-order valence-corrected chi connectivity index (χ0v) is 32.2. The van der Waals surface area contributed by atoms with E-state index in [2.05, 4.69) is 10.6 Å². The summed E-state index contributed by atoms with van der Waals surface area (Å²) >= 11 is 0. The fourth-order valence-electron chi connectivity index (χ4n) is 7.77. The first-order valence-corrected chi connectivity index (χ1v) is 20.2. The molecule has 4 aromatic rings. The van der Waals surface area contributed by atoms with Crippen LogP contribution in [0, 0.1) is 17.6 Å². The van der Waals surface area contributed by atoms with E-state index in [1.165, 1.54) is 69.9 Å². The molecule has 1 saturated heterocycles. The van der Waals surface area contributed by atoms with Crippen LogP contribution in [0.15, 0.2) is 114 Å². The second kappa shape index (κ2) is 18.7. The minimum atomic E-state index is -3.96. The number of halogens is 2. The molecule has 3 amide bonds. The number of amides is 3. The van der Waals surface area contributed by atoms with Crippen molar-refractivity contribution >= 4 is 28.1 Å². The summed E-state index contributed by atoms with van der Waals surface area (Å²) in [4.78, 5) is 41.8. The summed E-state index contributed by atoms with van der Waals surface area (Å²) in [5, 5.41) is 16.5. The first kappa shape index (κ1) is 41.3. The van der Waals surface area contributed by atoms with E-state index in [0.29, 0.717) is 24.0 Å². The monoisotopic (exact) mass is 804 g/mol. The highest BCUT2D eigenvalue weighted by Gasteiger charge is 2.42. The number of nitrogens with zero attached hydrogens (tertiary/aromatic N) is 2. The SMILES string of the molecule is COC(=O)N[C@H](C(=O)NC1CC(O)CC1CC[C@H]1CN(C(=O)OCc2ccccc2)CCN1S(=O)(=O)c1ccccc1)C(c1ccc(F)cc1)c1ccc(F)cc1. The summed E-state index contributed by atoms with van der Waals surface area (Å²) in [6.07, 6.45) is -1.10. The molecular weight excluding hydrogens is 759 g/mol. The van der Waals surface area contributed by atoms with Crippen molar-refractivity contribution in [2.24, 2.45) is 5.92 Å². The molecule has 3 N–H and O–H groups in total. The van der Waals surface area contributed by atoms with Gasteiger partial charge in [0.05, 0.1) is 18.1 Å². The fourth-order valence-corrected chi connectivity index (χ4v) is 9.43. The molecule has 5 atom stereocenters. The van der Waals surface area contributed by atoms with Gasteiger partial charge < -0.3 is 30.1 Å². The van der Waals surface area contributed by atoms with Crippen molar-refractivity contribution in [1.82, 2.24) is 19.8 Å². The van der Waals surface area contributed by atoms with Crippen LogP contribution in [-0.2, 0) is 30.9 Å². The Morgan fingerprint density at radius 3 is 2.02 bits per heavy atom. The van der Waals surface area contributed by atoms with Crippen LogP contribution in [0.4, 0.5) is 18.4 Å². The zero-order valence-electron chi connectivity index (χ0n) is 31.4. The second-order valence-electron chi connectivity index (χ2n) is 14.3. The van der Waals surface area contributed by atoms with Gasteiger partial charge in [0.2, 0.25) is 15.9 Å². The van der Waals surface area contributed by atoms with E-state index < -0.39 is 69.9 Å². The van der Waals surface area contributed by atoms with Crippen LogP contribution in [0.3, 0.4) is 0 Å². The zero-order chi connectivity index (χ0) is 40.5. The number of alkyl carbamates (subject to hydrolysis) is 1. The lowest BCUT2D eigenvalue weighted by molar-refractivity contribution is -0.124. The molecule has 3 unspecified atom stereocenters. The number of carbonyl (C=O) groups is 3. The van der Waals surface area contributed by atoms with Gasteiger partial charge in [0.1, 0.15) is 24.3 Å². The van der Waals surface area contributed by atoms with Gasteiger partial charge in [-0.05, 0) is 84.7 Å². The molecule has 1 aliphatic carbocycles. The number of rotatable bonds is 13. The van der Waals surface area contributed by atoms with Crippen molar-refractivity contribution in [2.75, 3.05) is 26.7 Å². The topological polar surface area (TPSA) is 155 Å². The lowest BCUT2D eigenvalue weighted by atomic mass is 9.84. The van der Waals surface area contributed by atoms with Crippen LogP contribution in [0.1, 0.15) is 48.3 Å². The number of piperazine rings is 1. The minimum absolute atomic E-state index is 0.0326. The van der Waals surface area contributed by atoms with Gasteiger partial charge in [0.25, 0.3) is 0 Å². The lowest BCUT2D eigenvalue weighted by Crippen LogP contribution is -2.56. The molecular formula is C42H46F2N4O8S. The van der Waals surface area contributed by atoms with Crippen molar-refractivity contribution in [3.8, 4) is 0 Å². The van der Waals surface area contributed by atoms with Crippen molar-refractivity contribution < 1.29 is 46.2 Å². The van der Waals surface area contributed by atoms with Crippen molar-refractivity contribution in [3.05, 3.63) is 138 Å². The molecule has 0 bridgehead atoms. The van der Waals surface area contributed by atoms with Gasteiger partial charge in [-0.1, -0.05) is 72.8 Å². The third-order valence-corrected chi connectivity index (χ3v) is 12.6. The van der Waals surface area contributed by atoms with Crippen LogP contribution in [0.25, 0.3) is 0 Å². The number of aliphatic hydroxyl groups excluding tert-OH is 1. The number of nitrogens with one attached hydrogen (secondary N) is 2. The molecule has 2 aliphatic rings. The van der Waals surface area contributed by atoms with E-state index in [1.807, 2.05) is 30.3 Å². The van der Waals surface area contributed by atoms with Crippen LogP contribution < -0.4 is 10.6 Å². The van der Waals surface area contributed by atoms with E-state index in [9.17, 15) is 36.7 Å². The van der Waals surface area contributed by atoms with E-state index >= 15 is 0 Å². The van der Waals surface area contributed by atoms with Crippen LogP contribution in [0.5, 0.6) is 0 Å². The molecule has 2 fully saturated rings. The van der Waals surface area contributed by atoms with Crippen LogP contribution >= 0.6 is 0 Å². The number of hydrogen-bond donors (Lipinski definition) is 3. The molecule has 1 saturated carbocycles. The predicted octanol–water partition coefficient (Wildman–Crippen LogP) is 5.57. The third-order valence-electron chi connectivity index (χ3n) is 10.6. The van der Waals surface area contributed by atoms with E-state index in [1.54, 1.807) is 18.2 Å². The first-order chi connectivity index (χ1) is 27.4. The maximum absolute atomic E-state index is 14.3. The maximum atomic E-state index is 14.3. The van der Waals surface area contributed by atoms with E-state index in [0.717, 1.165) is 12.7 Å². The molecule has 15 heteroatoms. The normalized spacial score (nSPS) is 20.5. The van der Waals surface area contributed by atoms with Gasteiger partial charge in [-0.3, -0.25) is 4.79 Å². The smallest absolute Gasteiger partial charge is 0.410 e. The molecule has 0 aromatic heterocycles. The van der Waals surface area contributed by atoms with Gasteiger partial charge >= 0.3 is 12.2 Å². The second-order valence-corrected chi connectivity index (χ2v) is 16.2. The Morgan fingerprint density at radius 2 is 1.42 bits per heavy atom. The number of sulfonamides is 1. The molecule has 0 radical (unpaired) electrons. The number of benzene rings is 4. The summed E-state index contributed by atoms with van der Waals surface area (Å²) < 4.78 is 67.8. The minimum Gasteiger partial charge on any atom is -0.453 e. The molecule has 12 nitrogen and oxygen atoms in total. The van der Waals surface area contributed by atoms with Crippen molar-refractivity contribution in [3.63, 3.8) is 0 Å². The number of hydrogen-bond acceptors (Lipinski definition) is 8. The highest BCUT2D eigenvalue weighted by Crippen LogP contribution is 2.34. The largest absolute Gasteiger partial charge is 0.453 e. The number of aliphatic hydroxyl groups is 1. The Balaban J connectivity index is 1.22. The summed E-state index contributed by atoms with van der Waals surface area (Å²) in [5.74, 6) is -2.87. The molecule has 1 aliphatic heterocycles. The lowest BCUT2D eigenvalue weighted by Gasteiger charge is -2.40. The Kier molecular flexibility index (Phi) is 13.5. The van der Waals surface area contributed by atoms with Gasteiger partial charge in [-0.2, -0.15) is 4.31 Å². The standard InChI is InChI=1S/C42H46F2N4O8S/c1-55-41(51)46-39(38(29-12-17-32(43)18-13-29)30-14-19-33(44)20-15-30)40(50)45-37-25-35(49)24-31(37)16-21-34-26-47(42(52)56-27-28-8-4-2-5-9-28)22-23-48(34)57(53,54)36-10-6-3-7-11-36/h2-15,17-20,31,34-35,37-39,49H,16,21-27H2,1H3,(H,45,50)(H,46,51)/t31?,34-,35?,37?,39-/m0/s1. The average Bonchev–Trinajstić information content (AvgIpc) is 3.58. The molecule has 302 valence electrons. The number of carbonyl (C=O) groups excluding carboxylic acids is 3. The number of ether oxygens (including phenoxy) is 2. The summed E-state index contributed by atoms with van der Waals surface area (Å²) in [5.41, 5.74) is 1.74. The summed E-state index contributed by atoms with van der Waals surface area (Å²) in [7, 11) is -2.81. The Labute approximate surface area is 330 Å². The first-order valence-electron chi connectivity index (χ1n) is 18.8. The van der Waals surface area contributed by atoms with Gasteiger partial charge in [-0.15, -0.1) is 0 Å². The molecule has 6 rings (SSSR count). The molecule has 0 spiro atoms.